The van der Waals surface area contributed by atoms with Gasteiger partial charge in [0.15, 0.2) is 5.69 Å². The topological polar surface area (TPSA) is 42.4 Å². The van der Waals surface area contributed by atoms with E-state index in [0.717, 1.165) is 77.2 Å². The highest BCUT2D eigenvalue weighted by Gasteiger charge is 2.21. The Morgan fingerprint density at radius 1 is 0.480 bits per heavy atom. The van der Waals surface area contributed by atoms with Crippen molar-refractivity contribution in [2.24, 2.45) is 0 Å². The van der Waals surface area contributed by atoms with Crippen LogP contribution in [0.15, 0.2) is 152 Å². The molecule has 0 aliphatic carbocycles. The van der Waals surface area contributed by atoms with Crippen molar-refractivity contribution >= 4 is 55.0 Å². The van der Waals surface area contributed by atoms with E-state index in [9.17, 15) is 5.26 Å². The Morgan fingerprint density at radius 2 is 1.00 bits per heavy atom. The maximum absolute atomic E-state index is 9.51. The molecule has 0 aliphatic rings. The molecule has 230 valence electrons. The van der Waals surface area contributed by atoms with Crippen molar-refractivity contribution in [3.05, 3.63) is 180 Å². The van der Waals surface area contributed by atoms with Gasteiger partial charge in [-0.3, -0.25) is 4.85 Å². The highest BCUT2D eigenvalue weighted by Crippen LogP contribution is 2.45. The first-order valence-corrected chi connectivity index (χ1v) is 16.2. The predicted octanol–water partition coefficient (Wildman–Crippen LogP) is 12.2. The summed E-state index contributed by atoms with van der Waals surface area (Å²) in [5.74, 6) is 0. The SMILES string of the molecule is [C-]#[N+]c1ccc(-c2ccc(-c3ccc(-n4c5ccccc5c5cc(C#N)ccc54)cc3)cc2)c(-n2c3ccccc3c3ccccc32)c1[N+]#[C-]. The van der Waals surface area contributed by atoms with Gasteiger partial charge in [0.1, 0.15) is 0 Å². The number of hydrogen-bond acceptors (Lipinski definition) is 1. The summed E-state index contributed by atoms with van der Waals surface area (Å²) in [6, 6.07) is 53.6. The third kappa shape index (κ3) is 4.31. The second kappa shape index (κ2) is 11.4. The lowest BCUT2D eigenvalue weighted by atomic mass is 9.97. The number of nitriles is 1. The van der Waals surface area contributed by atoms with Crippen LogP contribution in [0.5, 0.6) is 0 Å². The maximum Gasteiger partial charge on any atom is 0.218 e. The third-order valence-electron chi connectivity index (χ3n) is 9.62. The molecular weight excluding hydrogens is 611 g/mol. The van der Waals surface area contributed by atoms with Crippen LogP contribution in [0.2, 0.25) is 0 Å². The summed E-state index contributed by atoms with van der Waals surface area (Å²) in [5.41, 5.74) is 11.2. The number of nitrogens with zero attached hydrogens (tertiary/aromatic N) is 5. The maximum atomic E-state index is 9.51. The number of aromatic nitrogens is 2. The molecule has 0 bridgehead atoms. The zero-order chi connectivity index (χ0) is 33.8. The van der Waals surface area contributed by atoms with Gasteiger partial charge in [-0.15, -0.1) is 0 Å². The molecule has 0 amide bonds. The molecule has 9 rings (SSSR count). The van der Waals surface area contributed by atoms with Gasteiger partial charge in [-0.25, -0.2) is 4.85 Å². The van der Waals surface area contributed by atoms with Crippen molar-refractivity contribution in [2.75, 3.05) is 0 Å². The van der Waals surface area contributed by atoms with Crippen molar-refractivity contribution in [1.82, 2.24) is 9.13 Å². The van der Waals surface area contributed by atoms with Gasteiger partial charge >= 0.3 is 0 Å². The lowest BCUT2D eigenvalue weighted by Crippen LogP contribution is -1.98. The summed E-state index contributed by atoms with van der Waals surface area (Å²) in [5, 5.41) is 13.9. The Morgan fingerprint density at radius 3 is 1.58 bits per heavy atom. The number of benzene rings is 7. The van der Waals surface area contributed by atoms with Gasteiger partial charge in [0.25, 0.3) is 0 Å². The lowest BCUT2D eigenvalue weighted by Gasteiger charge is -2.17. The number of hydrogen-bond donors (Lipinski definition) is 0. The molecule has 0 fully saturated rings. The highest BCUT2D eigenvalue weighted by atomic mass is 15.0. The lowest BCUT2D eigenvalue weighted by molar-refractivity contribution is 1.18. The van der Waals surface area contributed by atoms with E-state index in [1.54, 1.807) is 6.07 Å². The Labute approximate surface area is 288 Å². The summed E-state index contributed by atoms with van der Waals surface area (Å²) in [6.07, 6.45) is 0. The minimum atomic E-state index is 0.339. The standard InChI is InChI=1S/C45H25N5/c1-47-39-25-24-34(45(44(39)48-2)50-41-13-7-3-9-35(41)36-10-4-8-14-42(36)50)32-18-16-30(17-19-32)31-20-22-33(23-21-31)49-40-12-6-5-11-37(40)38-27-29(28-46)15-26-43(38)49/h3-27H. The van der Waals surface area contributed by atoms with Crippen LogP contribution in [0.1, 0.15) is 5.56 Å². The summed E-state index contributed by atoms with van der Waals surface area (Å²) >= 11 is 0. The van der Waals surface area contributed by atoms with E-state index < -0.39 is 0 Å². The smallest absolute Gasteiger partial charge is 0.218 e. The molecule has 0 aliphatic heterocycles. The third-order valence-corrected chi connectivity index (χ3v) is 9.62. The molecule has 0 unspecified atom stereocenters. The molecular formula is C45H25N5. The zero-order valence-corrected chi connectivity index (χ0v) is 26.7. The van der Waals surface area contributed by atoms with E-state index in [1.165, 1.54) is 0 Å². The Bertz CT molecular complexity index is 2890. The van der Waals surface area contributed by atoms with E-state index in [-0.39, 0.29) is 0 Å². The summed E-state index contributed by atoms with van der Waals surface area (Å²) in [7, 11) is 0. The normalized spacial score (nSPS) is 11.1. The van der Waals surface area contributed by atoms with Crippen molar-refractivity contribution < 1.29 is 0 Å². The minimum Gasteiger partial charge on any atom is -0.320 e. The molecule has 0 N–H and O–H groups in total. The second-order valence-corrected chi connectivity index (χ2v) is 12.2. The first kappa shape index (κ1) is 28.8. The van der Waals surface area contributed by atoms with Crippen LogP contribution >= 0.6 is 0 Å². The molecule has 9 aromatic rings. The largest absolute Gasteiger partial charge is 0.320 e. The monoisotopic (exact) mass is 635 g/mol. The summed E-state index contributed by atoms with van der Waals surface area (Å²) < 4.78 is 4.39. The van der Waals surface area contributed by atoms with Crippen molar-refractivity contribution in [3.63, 3.8) is 0 Å². The Balaban J connectivity index is 1.14. The van der Waals surface area contributed by atoms with Crippen LogP contribution in [0.3, 0.4) is 0 Å². The van der Waals surface area contributed by atoms with Gasteiger partial charge in [-0.1, -0.05) is 103 Å². The quantitative estimate of drug-likeness (QED) is 0.177. The van der Waals surface area contributed by atoms with Crippen LogP contribution in [0.4, 0.5) is 11.4 Å². The fraction of sp³-hybridized carbons (Fsp3) is 0. The number of fused-ring (bicyclic) bond motifs is 6. The van der Waals surface area contributed by atoms with Gasteiger partial charge in [0.2, 0.25) is 5.69 Å². The molecule has 5 nitrogen and oxygen atoms in total. The molecule has 5 heteroatoms. The Kier molecular flexibility index (Phi) is 6.56. The molecule has 0 saturated carbocycles. The molecule has 7 aromatic carbocycles. The highest BCUT2D eigenvalue weighted by molar-refractivity contribution is 6.11. The van der Waals surface area contributed by atoms with Gasteiger partial charge < -0.3 is 9.13 Å². The molecule has 2 aromatic heterocycles. The fourth-order valence-electron chi connectivity index (χ4n) is 7.36. The van der Waals surface area contributed by atoms with Crippen LogP contribution in [-0.2, 0) is 0 Å². The van der Waals surface area contributed by atoms with Crippen LogP contribution in [0, 0.1) is 24.5 Å². The molecule has 0 spiro atoms. The minimum absolute atomic E-state index is 0.339. The van der Waals surface area contributed by atoms with E-state index in [0.29, 0.717) is 16.9 Å². The van der Waals surface area contributed by atoms with Crippen molar-refractivity contribution in [1.29, 1.82) is 5.26 Å². The summed E-state index contributed by atoms with van der Waals surface area (Å²) in [4.78, 5) is 7.67. The van der Waals surface area contributed by atoms with Gasteiger partial charge in [-0.05, 0) is 70.8 Å². The van der Waals surface area contributed by atoms with Crippen molar-refractivity contribution in [3.8, 4) is 39.7 Å². The van der Waals surface area contributed by atoms with Gasteiger partial charge in [0, 0.05) is 32.9 Å². The van der Waals surface area contributed by atoms with Crippen LogP contribution in [-0.4, -0.2) is 9.13 Å². The molecule has 0 atom stereocenters. The van der Waals surface area contributed by atoms with Crippen LogP contribution < -0.4 is 0 Å². The van der Waals surface area contributed by atoms with Gasteiger partial charge in [-0.2, -0.15) is 5.26 Å². The predicted molar refractivity (Wildman–Crippen MR) is 203 cm³/mol. The second-order valence-electron chi connectivity index (χ2n) is 12.2. The van der Waals surface area contributed by atoms with E-state index in [1.807, 2.05) is 60.7 Å². The number of rotatable bonds is 4. The summed E-state index contributed by atoms with van der Waals surface area (Å²) in [6.45, 7) is 16.0. The molecule has 0 saturated heterocycles. The van der Waals surface area contributed by atoms with Crippen molar-refractivity contribution in [2.45, 2.75) is 0 Å². The van der Waals surface area contributed by atoms with Crippen LogP contribution in [0.25, 0.3) is 86.9 Å². The first-order valence-electron chi connectivity index (χ1n) is 16.2. The van der Waals surface area contributed by atoms with Gasteiger partial charge in [0.05, 0.1) is 46.8 Å². The first-order chi connectivity index (χ1) is 24.7. The average molecular weight is 636 g/mol. The van der Waals surface area contributed by atoms with E-state index in [4.69, 9.17) is 13.1 Å². The molecule has 0 radical (unpaired) electrons. The fourth-order valence-corrected chi connectivity index (χ4v) is 7.36. The number of para-hydroxylation sites is 3. The van der Waals surface area contributed by atoms with E-state index >= 15 is 0 Å². The van der Waals surface area contributed by atoms with E-state index in [2.05, 4.69) is 110 Å². The molecule has 50 heavy (non-hydrogen) atoms. The Hall–Kier alpha value is -7.39. The average Bonchev–Trinajstić information content (AvgIpc) is 3.70. The molecule has 2 heterocycles. The zero-order valence-electron chi connectivity index (χ0n) is 26.7.